The second-order valence-electron chi connectivity index (χ2n) is 4.52. The summed E-state index contributed by atoms with van der Waals surface area (Å²) in [6.07, 6.45) is 2.57. The van der Waals surface area contributed by atoms with Gasteiger partial charge in [0.05, 0.1) is 5.02 Å². The van der Waals surface area contributed by atoms with Gasteiger partial charge >= 0.3 is 5.97 Å². The molecule has 0 saturated carbocycles. The topological polar surface area (TPSA) is 55.8 Å². The molecule has 0 aliphatic carbocycles. The number of carboxylic acids is 1. The Morgan fingerprint density at radius 2 is 1.87 bits per heavy atom. The van der Waals surface area contributed by atoms with Crippen LogP contribution in [0.3, 0.4) is 0 Å². The lowest BCUT2D eigenvalue weighted by atomic mass is 10.2. The summed E-state index contributed by atoms with van der Waals surface area (Å²) >= 11 is 11.8. The Bertz CT molecular complexity index is 713. The van der Waals surface area contributed by atoms with Gasteiger partial charge in [0, 0.05) is 11.1 Å². The van der Waals surface area contributed by atoms with Crippen molar-refractivity contribution in [1.29, 1.82) is 0 Å². The minimum atomic E-state index is -0.996. The Labute approximate surface area is 143 Å². The number of rotatable bonds is 7. The van der Waals surface area contributed by atoms with Crippen LogP contribution in [0.5, 0.6) is 11.5 Å². The molecule has 0 aromatic heterocycles. The van der Waals surface area contributed by atoms with E-state index >= 15 is 0 Å². The van der Waals surface area contributed by atoms with Gasteiger partial charge in [0.25, 0.3) is 0 Å². The Balaban J connectivity index is 1.84. The maximum absolute atomic E-state index is 10.5. The zero-order valence-corrected chi connectivity index (χ0v) is 13.6. The molecule has 0 spiro atoms. The summed E-state index contributed by atoms with van der Waals surface area (Å²) in [6, 6.07) is 12.1. The summed E-state index contributed by atoms with van der Waals surface area (Å²) in [6.45, 7) is 0.640. The van der Waals surface area contributed by atoms with Crippen LogP contribution < -0.4 is 9.47 Å². The van der Waals surface area contributed by atoms with Crippen molar-refractivity contribution in [3.8, 4) is 11.5 Å². The predicted molar refractivity (Wildman–Crippen MR) is 90.6 cm³/mol. The third-order valence-electron chi connectivity index (χ3n) is 2.78. The standard InChI is InChI=1S/C17H14Cl2O4/c18-13-5-6-16(15(19)11-13)23-9-8-22-14-3-1-2-12(10-14)4-7-17(20)21/h1-7,10-11H,8-9H2,(H,20,21). The summed E-state index contributed by atoms with van der Waals surface area (Å²) < 4.78 is 11.1. The summed E-state index contributed by atoms with van der Waals surface area (Å²) in [5.74, 6) is 0.172. The van der Waals surface area contributed by atoms with Gasteiger partial charge in [0.1, 0.15) is 24.7 Å². The van der Waals surface area contributed by atoms with E-state index in [1.54, 1.807) is 42.5 Å². The van der Waals surface area contributed by atoms with E-state index in [-0.39, 0.29) is 0 Å². The minimum Gasteiger partial charge on any atom is -0.490 e. The molecule has 0 heterocycles. The Morgan fingerprint density at radius 1 is 1.09 bits per heavy atom. The van der Waals surface area contributed by atoms with Crippen LogP contribution in [0.4, 0.5) is 0 Å². The molecule has 2 aromatic carbocycles. The fourth-order valence-electron chi connectivity index (χ4n) is 1.78. The number of carbonyl (C=O) groups is 1. The molecule has 4 nitrogen and oxygen atoms in total. The number of hydrogen-bond donors (Lipinski definition) is 1. The van der Waals surface area contributed by atoms with Crippen molar-refractivity contribution in [3.05, 3.63) is 64.1 Å². The van der Waals surface area contributed by atoms with Crippen LogP contribution in [0.25, 0.3) is 6.08 Å². The third kappa shape index (κ3) is 5.85. The molecule has 6 heteroatoms. The molecule has 0 radical (unpaired) electrons. The van der Waals surface area contributed by atoms with Gasteiger partial charge < -0.3 is 14.6 Å². The lowest BCUT2D eigenvalue weighted by molar-refractivity contribution is -0.131. The number of ether oxygens (including phenoxy) is 2. The molecule has 0 unspecified atom stereocenters. The summed E-state index contributed by atoms with van der Waals surface area (Å²) in [5.41, 5.74) is 0.742. The van der Waals surface area contributed by atoms with Crippen molar-refractivity contribution in [2.75, 3.05) is 13.2 Å². The SMILES string of the molecule is O=C(O)C=Cc1cccc(OCCOc2ccc(Cl)cc2Cl)c1. The number of hydrogen-bond acceptors (Lipinski definition) is 3. The molecule has 0 amide bonds. The van der Waals surface area contributed by atoms with Crippen molar-refractivity contribution in [1.82, 2.24) is 0 Å². The Morgan fingerprint density at radius 3 is 2.61 bits per heavy atom. The number of carboxylic acid groups (broad SMARTS) is 1. The van der Waals surface area contributed by atoms with Gasteiger partial charge in [-0.15, -0.1) is 0 Å². The van der Waals surface area contributed by atoms with Crippen LogP contribution in [0.15, 0.2) is 48.5 Å². The van der Waals surface area contributed by atoms with E-state index in [0.29, 0.717) is 34.8 Å². The van der Waals surface area contributed by atoms with Crippen molar-refractivity contribution >= 4 is 35.2 Å². The Kier molecular flexibility index (Phi) is 6.32. The summed E-state index contributed by atoms with van der Waals surface area (Å²) in [7, 11) is 0. The molecule has 2 aromatic rings. The first kappa shape index (κ1) is 17.2. The molecule has 2 rings (SSSR count). The molecule has 23 heavy (non-hydrogen) atoms. The number of benzene rings is 2. The molecule has 0 atom stereocenters. The van der Waals surface area contributed by atoms with Crippen molar-refractivity contribution in [3.63, 3.8) is 0 Å². The lowest BCUT2D eigenvalue weighted by Crippen LogP contribution is -2.09. The van der Waals surface area contributed by atoms with E-state index < -0.39 is 5.97 Å². The molecular weight excluding hydrogens is 339 g/mol. The molecule has 0 saturated heterocycles. The van der Waals surface area contributed by atoms with E-state index in [1.165, 1.54) is 6.08 Å². The zero-order chi connectivity index (χ0) is 16.7. The smallest absolute Gasteiger partial charge is 0.328 e. The van der Waals surface area contributed by atoms with Gasteiger partial charge in [-0.05, 0) is 42.0 Å². The van der Waals surface area contributed by atoms with E-state index in [1.807, 2.05) is 0 Å². The van der Waals surface area contributed by atoms with E-state index in [2.05, 4.69) is 0 Å². The third-order valence-corrected chi connectivity index (χ3v) is 3.31. The largest absolute Gasteiger partial charge is 0.490 e. The highest BCUT2D eigenvalue weighted by molar-refractivity contribution is 6.35. The van der Waals surface area contributed by atoms with Crippen LogP contribution in [0.1, 0.15) is 5.56 Å². The summed E-state index contributed by atoms with van der Waals surface area (Å²) in [4.78, 5) is 10.5. The van der Waals surface area contributed by atoms with Crippen LogP contribution >= 0.6 is 23.2 Å². The molecule has 120 valence electrons. The van der Waals surface area contributed by atoms with Gasteiger partial charge in [-0.1, -0.05) is 35.3 Å². The normalized spacial score (nSPS) is 10.7. The van der Waals surface area contributed by atoms with Gasteiger partial charge in [0.2, 0.25) is 0 Å². The predicted octanol–water partition coefficient (Wildman–Crippen LogP) is 4.55. The lowest BCUT2D eigenvalue weighted by Gasteiger charge is -2.10. The summed E-state index contributed by atoms with van der Waals surface area (Å²) in [5, 5.41) is 9.60. The first-order valence-electron chi connectivity index (χ1n) is 6.76. The van der Waals surface area contributed by atoms with Gasteiger partial charge in [-0.25, -0.2) is 4.79 Å². The number of halogens is 2. The molecular formula is C17H14Cl2O4. The monoisotopic (exact) mass is 352 g/mol. The second kappa shape index (κ2) is 8.46. The van der Waals surface area contributed by atoms with Crippen molar-refractivity contribution in [2.24, 2.45) is 0 Å². The first-order valence-corrected chi connectivity index (χ1v) is 7.52. The Hall–Kier alpha value is -2.17. The number of aliphatic carboxylic acids is 1. The molecule has 1 N–H and O–H groups in total. The van der Waals surface area contributed by atoms with E-state index in [0.717, 1.165) is 11.6 Å². The van der Waals surface area contributed by atoms with Crippen LogP contribution in [-0.2, 0) is 4.79 Å². The van der Waals surface area contributed by atoms with E-state index in [9.17, 15) is 4.79 Å². The molecule has 0 fully saturated rings. The average molecular weight is 353 g/mol. The molecule has 0 aliphatic heterocycles. The fraction of sp³-hybridized carbons (Fsp3) is 0.118. The fourth-order valence-corrected chi connectivity index (χ4v) is 2.24. The minimum absolute atomic E-state index is 0.316. The second-order valence-corrected chi connectivity index (χ2v) is 5.36. The van der Waals surface area contributed by atoms with Crippen LogP contribution in [0, 0.1) is 0 Å². The molecule has 0 bridgehead atoms. The van der Waals surface area contributed by atoms with Gasteiger partial charge in [-0.2, -0.15) is 0 Å². The van der Waals surface area contributed by atoms with Crippen LogP contribution in [0.2, 0.25) is 10.0 Å². The average Bonchev–Trinajstić information content (AvgIpc) is 2.51. The van der Waals surface area contributed by atoms with Crippen molar-refractivity contribution < 1.29 is 19.4 Å². The van der Waals surface area contributed by atoms with Crippen LogP contribution in [-0.4, -0.2) is 24.3 Å². The first-order chi connectivity index (χ1) is 11.0. The van der Waals surface area contributed by atoms with E-state index in [4.69, 9.17) is 37.8 Å². The molecule has 0 aliphatic rings. The van der Waals surface area contributed by atoms with Gasteiger partial charge in [-0.3, -0.25) is 0 Å². The highest BCUT2D eigenvalue weighted by Gasteiger charge is 2.02. The maximum atomic E-state index is 10.5. The highest BCUT2D eigenvalue weighted by atomic mass is 35.5. The maximum Gasteiger partial charge on any atom is 0.328 e. The highest BCUT2D eigenvalue weighted by Crippen LogP contribution is 2.27. The van der Waals surface area contributed by atoms with Crippen molar-refractivity contribution in [2.45, 2.75) is 0 Å². The zero-order valence-electron chi connectivity index (χ0n) is 12.0. The quantitative estimate of drug-likeness (QED) is 0.586. The van der Waals surface area contributed by atoms with Gasteiger partial charge in [0.15, 0.2) is 0 Å².